The maximum absolute atomic E-state index is 13.3. The van der Waals surface area contributed by atoms with Crippen molar-refractivity contribution in [3.8, 4) is 5.69 Å². The maximum Gasteiger partial charge on any atom is 0.227 e. The molecule has 164 valence electrons. The van der Waals surface area contributed by atoms with Crippen LogP contribution in [0.2, 0.25) is 0 Å². The van der Waals surface area contributed by atoms with Gasteiger partial charge in [0.25, 0.3) is 0 Å². The third-order valence-electron chi connectivity index (χ3n) is 6.05. The molecule has 1 aromatic carbocycles. The van der Waals surface area contributed by atoms with Gasteiger partial charge in [-0.3, -0.25) is 9.78 Å². The van der Waals surface area contributed by atoms with Crippen LogP contribution in [0.1, 0.15) is 35.6 Å². The third kappa shape index (κ3) is 4.67. The lowest BCUT2D eigenvalue weighted by Gasteiger charge is -2.27. The Balaban J connectivity index is 1.33. The Morgan fingerprint density at radius 3 is 2.41 bits per heavy atom. The Morgan fingerprint density at radius 1 is 1.06 bits per heavy atom. The van der Waals surface area contributed by atoms with Gasteiger partial charge in [-0.25, -0.2) is 8.42 Å². The topological polar surface area (TPSA) is 72.3 Å². The van der Waals surface area contributed by atoms with Gasteiger partial charge in [-0.15, -0.1) is 0 Å². The number of sulfone groups is 1. The van der Waals surface area contributed by atoms with Gasteiger partial charge in [0.2, 0.25) is 5.91 Å². The standard InChI is InChI=1S/C25H25N3O3S/c29-25(15-19-3-9-23(10-4-19)27-12-1-2-13-27)28(24-11-14-32(30,31)18-24)17-22-8-7-21(16-26-22)20-5-6-20/h1-4,7-14,16,20,24H,5-6,15,17-18H2. The minimum atomic E-state index is -3.28. The molecule has 0 spiro atoms. The zero-order valence-electron chi connectivity index (χ0n) is 17.7. The largest absolute Gasteiger partial charge is 0.329 e. The summed E-state index contributed by atoms with van der Waals surface area (Å²) in [6, 6.07) is 15.3. The van der Waals surface area contributed by atoms with Gasteiger partial charge >= 0.3 is 0 Å². The summed E-state index contributed by atoms with van der Waals surface area (Å²) in [6.07, 6.45) is 10.1. The fourth-order valence-corrected chi connectivity index (χ4v) is 5.37. The first-order chi connectivity index (χ1) is 15.5. The molecular formula is C25H25N3O3S. The van der Waals surface area contributed by atoms with Gasteiger partial charge in [0.05, 0.1) is 30.5 Å². The van der Waals surface area contributed by atoms with Crippen molar-refractivity contribution < 1.29 is 13.2 Å². The van der Waals surface area contributed by atoms with Crippen LogP contribution in [0.4, 0.5) is 0 Å². The van der Waals surface area contributed by atoms with E-state index in [1.54, 1.807) is 11.0 Å². The normalized spacial score (nSPS) is 19.2. The molecule has 2 aliphatic rings. The Morgan fingerprint density at radius 2 is 1.81 bits per heavy atom. The Kier molecular flexibility index (Phi) is 5.43. The number of hydrogen-bond acceptors (Lipinski definition) is 4. The number of rotatable bonds is 7. The molecule has 1 aliphatic carbocycles. The molecule has 1 aliphatic heterocycles. The first kappa shape index (κ1) is 20.7. The molecule has 6 nitrogen and oxygen atoms in total. The summed E-state index contributed by atoms with van der Waals surface area (Å²) in [6.45, 7) is 0.287. The molecule has 0 radical (unpaired) electrons. The fraction of sp³-hybridized carbons (Fsp3) is 0.280. The molecule has 2 aromatic heterocycles. The number of carbonyl (C=O) groups is 1. The van der Waals surface area contributed by atoms with Crippen molar-refractivity contribution in [2.75, 3.05) is 5.75 Å². The molecule has 32 heavy (non-hydrogen) atoms. The first-order valence-corrected chi connectivity index (χ1v) is 12.6. The second-order valence-electron chi connectivity index (χ2n) is 8.54. The summed E-state index contributed by atoms with van der Waals surface area (Å²) < 4.78 is 26.0. The van der Waals surface area contributed by atoms with Crippen LogP contribution in [0.3, 0.4) is 0 Å². The minimum absolute atomic E-state index is 0.0779. The van der Waals surface area contributed by atoms with E-state index in [4.69, 9.17) is 0 Å². The van der Waals surface area contributed by atoms with Crippen LogP contribution in [-0.2, 0) is 27.6 Å². The molecule has 1 amide bonds. The summed E-state index contributed by atoms with van der Waals surface area (Å²) >= 11 is 0. The number of pyridine rings is 1. The van der Waals surface area contributed by atoms with E-state index in [1.165, 1.54) is 23.8 Å². The van der Waals surface area contributed by atoms with Gasteiger partial charge in [-0.2, -0.15) is 0 Å². The van der Waals surface area contributed by atoms with Crippen LogP contribution in [0.15, 0.2) is 78.6 Å². The smallest absolute Gasteiger partial charge is 0.227 e. The Hall–Kier alpha value is -3.19. The molecule has 0 bridgehead atoms. The first-order valence-electron chi connectivity index (χ1n) is 10.8. The predicted octanol–water partition coefficient (Wildman–Crippen LogP) is 3.63. The molecule has 1 saturated carbocycles. The summed E-state index contributed by atoms with van der Waals surface area (Å²) in [5.74, 6) is 0.427. The molecule has 3 aromatic rings. The van der Waals surface area contributed by atoms with Crippen LogP contribution in [-0.4, -0.2) is 40.6 Å². The van der Waals surface area contributed by atoms with Crippen molar-refractivity contribution in [3.05, 3.63) is 95.4 Å². The van der Waals surface area contributed by atoms with Gasteiger partial charge < -0.3 is 9.47 Å². The van der Waals surface area contributed by atoms with E-state index < -0.39 is 15.9 Å². The van der Waals surface area contributed by atoms with Crippen molar-refractivity contribution >= 4 is 15.7 Å². The van der Waals surface area contributed by atoms with Crippen molar-refractivity contribution in [3.63, 3.8) is 0 Å². The van der Waals surface area contributed by atoms with Crippen molar-refractivity contribution in [2.45, 2.75) is 37.8 Å². The van der Waals surface area contributed by atoms with E-state index in [0.717, 1.165) is 16.9 Å². The van der Waals surface area contributed by atoms with Crippen LogP contribution in [0.5, 0.6) is 0 Å². The minimum Gasteiger partial charge on any atom is -0.329 e. The molecule has 1 atom stereocenters. The highest BCUT2D eigenvalue weighted by Crippen LogP contribution is 2.39. The van der Waals surface area contributed by atoms with Crippen LogP contribution in [0, 0.1) is 0 Å². The quantitative estimate of drug-likeness (QED) is 0.554. The highest BCUT2D eigenvalue weighted by molar-refractivity contribution is 7.94. The molecule has 0 saturated heterocycles. The third-order valence-corrected chi connectivity index (χ3v) is 7.43. The van der Waals surface area contributed by atoms with Gasteiger partial charge in [-0.05, 0) is 66.3 Å². The van der Waals surface area contributed by atoms with Crippen LogP contribution >= 0.6 is 0 Å². The average molecular weight is 448 g/mol. The van der Waals surface area contributed by atoms with Gasteiger partial charge in [-0.1, -0.05) is 18.2 Å². The summed E-state index contributed by atoms with van der Waals surface area (Å²) in [7, 11) is -3.28. The van der Waals surface area contributed by atoms with E-state index >= 15 is 0 Å². The zero-order valence-corrected chi connectivity index (χ0v) is 18.5. The summed E-state index contributed by atoms with van der Waals surface area (Å²) in [5, 5.41) is 1.22. The maximum atomic E-state index is 13.3. The van der Waals surface area contributed by atoms with E-state index in [0.29, 0.717) is 5.92 Å². The van der Waals surface area contributed by atoms with Gasteiger partial charge in [0, 0.05) is 29.7 Å². The van der Waals surface area contributed by atoms with E-state index in [2.05, 4.69) is 11.1 Å². The fourth-order valence-electron chi connectivity index (χ4n) is 4.07. The second kappa shape index (κ2) is 8.39. The Bertz CT molecular complexity index is 1230. The number of carbonyl (C=O) groups excluding carboxylic acids is 1. The molecular weight excluding hydrogens is 422 g/mol. The summed E-state index contributed by atoms with van der Waals surface area (Å²) in [5.41, 5.74) is 3.91. The van der Waals surface area contributed by atoms with Crippen LogP contribution < -0.4 is 0 Å². The number of amides is 1. The number of hydrogen-bond donors (Lipinski definition) is 0. The molecule has 5 rings (SSSR count). The lowest BCUT2D eigenvalue weighted by Crippen LogP contribution is -2.41. The van der Waals surface area contributed by atoms with Crippen molar-refractivity contribution in [2.24, 2.45) is 0 Å². The van der Waals surface area contributed by atoms with Gasteiger partial charge in [0.15, 0.2) is 9.84 Å². The molecule has 3 heterocycles. The number of nitrogens with zero attached hydrogens (tertiary/aromatic N) is 3. The van der Waals surface area contributed by atoms with E-state index in [9.17, 15) is 13.2 Å². The SMILES string of the molecule is O=C(Cc1ccc(-n2cccc2)cc1)N(Cc1ccc(C2CC2)cn1)C1C=CS(=O)(=O)C1. The van der Waals surface area contributed by atoms with E-state index in [1.807, 2.05) is 65.6 Å². The van der Waals surface area contributed by atoms with Crippen molar-refractivity contribution in [1.82, 2.24) is 14.5 Å². The van der Waals surface area contributed by atoms with Gasteiger partial charge in [0.1, 0.15) is 0 Å². The highest BCUT2D eigenvalue weighted by Gasteiger charge is 2.31. The number of benzene rings is 1. The van der Waals surface area contributed by atoms with Crippen LogP contribution in [0.25, 0.3) is 5.69 Å². The Labute approximate surface area is 188 Å². The lowest BCUT2D eigenvalue weighted by atomic mass is 10.1. The lowest BCUT2D eigenvalue weighted by molar-refractivity contribution is -0.132. The number of aromatic nitrogens is 2. The second-order valence-corrected chi connectivity index (χ2v) is 10.5. The highest BCUT2D eigenvalue weighted by atomic mass is 32.2. The average Bonchev–Trinajstić information content (AvgIpc) is 3.36. The molecule has 7 heteroatoms. The summed E-state index contributed by atoms with van der Waals surface area (Å²) in [4.78, 5) is 19.5. The van der Waals surface area contributed by atoms with E-state index in [-0.39, 0.29) is 24.6 Å². The van der Waals surface area contributed by atoms with Crippen molar-refractivity contribution in [1.29, 1.82) is 0 Å². The zero-order chi connectivity index (χ0) is 22.1. The predicted molar refractivity (Wildman–Crippen MR) is 123 cm³/mol. The molecule has 0 N–H and O–H groups in total. The monoisotopic (exact) mass is 447 g/mol. The molecule has 1 fully saturated rings. The molecule has 1 unspecified atom stereocenters.